The van der Waals surface area contributed by atoms with E-state index in [-0.39, 0.29) is 15.3 Å². The second kappa shape index (κ2) is 8.18. The lowest BCUT2D eigenvalue weighted by atomic mass is 10.0. The van der Waals surface area contributed by atoms with Gasteiger partial charge >= 0.3 is 0 Å². The molecule has 1 unspecified atom stereocenters. The van der Waals surface area contributed by atoms with Gasteiger partial charge in [-0.1, -0.05) is 45.0 Å². The normalized spacial score (nSPS) is 14.2. The largest absolute Gasteiger partial charge is 0.543 e. The molecule has 0 bridgehead atoms. The van der Waals surface area contributed by atoms with Gasteiger partial charge in [0, 0.05) is 14.1 Å². The minimum atomic E-state index is -3.45. The number of hydrogen-bond acceptors (Lipinski definition) is 3. The first-order valence-corrected chi connectivity index (χ1v) is 14.0. The van der Waals surface area contributed by atoms with Crippen molar-refractivity contribution in [2.45, 2.75) is 49.2 Å². The Bertz CT molecular complexity index is 919. The summed E-state index contributed by atoms with van der Waals surface area (Å²) < 4.78 is 32.0. The number of rotatable bonds is 6. The lowest BCUT2D eigenvalue weighted by molar-refractivity contribution is 0.491. The topological polar surface area (TPSA) is 46.6 Å². The third kappa shape index (κ3) is 4.98. The number of hydrogen-bond donors (Lipinski definition) is 0. The summed E-state index contributed by atoms with van der Waals surface area (Å²) in [5, 5.41) is -0.281. The summed E-state index contributed by atoms with van der Waals surface area (Å²) in [6.45, 7) is 11.0. The van der Waals surface area contributed by atoms with E-state index in [1.807, 2.05) is 24.3 Å². The zero-order valence-electron chi connectivity index (χ0n) is 17.7. The zero-order valence-corrected chi connectivity index (χ0v) is 20.2. The fraction of sp³-hybridized carbons (Fsp3) is 0.429. The summed E-state index contributed by atoms with van der Waals surface area (Å²) >= 11 is 6.69. The highest BCUT2D eigenvalue weighted by Gasteiger charge is 2.39. The van der Waals surface area contributed by atoms with Crippen molar-refractivity contribution in [2.24, 2.45) is 0 Å². The predicted octanol–water partition coefficient (Wildman–Crippen LogP) is 5.65. The Balaban J connectivity index is 2.27. The summed E-state index contributed by atoms with van der Waals surface area (Å²) in [6.07, 6.45) is 0. The molecule has 0 spiro atoms. The van der Waals surface area contributed by atoms with E-state index in [0.717, 1.165) is 16.9 Å². The summed E-state index contributed by atoms with van der Waals surface area (Å²) in [6, 6.07) is 14.5. The van der Waals surface area contributed by atoms with Gasteiger partial charge in [0.15, 0.2) is 0 Å². The smallest absolute Gasteiger partial charge is 0.250 e. The van der Waals surface area contributed by atoms with E-state index < -0.39 is 18.3 Å². The van der Waals surface area contributed by atoms with E-state index in [0.29, 0.717) is 0 Å². The van der Waals surface area contributed by atoms with Crippen LogP contribution in [0.15, 0.2) is 53.4 Å². The van der Waals surface area contributed by atoms with Crippen molar-refractivity contribution in [3.05, 3.63) is 59.7 Å². The molecule has 0 amide bonds. The predicted molar refractivity (Wildman–Crippen MR) is 119 cm³/mol. The fourth-order valence-corrected chi connectivity index (χ4v) is 4.60. The molecule has 0 aliphatic rings. The Morgan fingerprint density at radius 3 is 2.07 bits per heavy atom. The molecule has 1 atom stereocenters. The van der Waals surface area contributed by atoms with Crippen molar-refractivity contribution in [3.63, 3.8) is 0 Å². The molecule has 0 saturated carbocycles. The number of alkyl halides is 1. The van der Waals surface area contributed by atoms with Gasteiger partial charge in [-0.15, -0.1) is 11.6 Å². The summed E-state index contributed by atoms with van der Waals surface area (Å²) in [7, 11) is -2.36. The number of nitrogens with zero attached hydrogens (tertiary/aromatic N) is 1. The third-order valence-corrected chi connectivity index (χ3v) is 12.0. The van der Waals surface area contributed by atoms with Gasteiger partial charge in [-0.3, -0.25) is 0 Å². The molecular weight excluding hydrogens is 410 g/mol. The summed E-state index contributed by atoms with van der Waals surface area (Å²) in [4.78, 5) is 0.250. The highest BCUT2D eigenvalue weighted by molar-refractivity contribution is 7.89. The molecule has 0 saturated heterocycles. The van der Waals surface area contributed by atoms with Crippen molar-refractivity contribution in [3.8, 4) is 5.75 Å². The van der Waals surface area contributed by atoms with Crippen LogP contribution in [-0.4, -0.2) is 35.1 Å². The zero-order chi connectivity index (χ0) is 21.3. The molecule has 0 heterocycles. The first kappa shape index (κ1) is 22.9. The van der Waals surface area contributed by atoms with Crippen LogP contribution in [-0.2, 0) is 10.0 Å². The average Bonchev–Trinajstić information content (AvgIpc) is 2.60. The van der Waals surface area contributed by atoms with E-state index in [9.17, 15) is 8.42 Å². The van der Waals surface area contributed by atoms with Gasteiger partial charge in [-0.25, -0.2) is 12.7 Å². The maximum Gasteiger partial charge on any atom is 0.250 e. The fourth-order valence-electron chi connectivity index (χ4n) is 2.40. The Morgan fingerprint density at radius 1 is 1.00 bits per heavy atom. The first-order valence-electron chi connectivity index (χ1n) is 9.21. The summed E-state index contributed by atoms with van der Waals surface area (Å²) in [5.41, 5.74) is 1.75. The van der Waals surface area contributed by atoms with E-state index in [1.165, 1.54) is 18.4 Å². The van der Waals surface area contributed by atoms with Gasteiger partial charge in [0.05, 0.1) is 10.3 Å². The number of benzene rings is 2. The minimum absolute atomic E-state index is 0.108. The highest BCUT2D eigenvalue weighted by atomic mass is 35.5. The van der Waals surface area contributed by atoms with Crippen LogP contribution >= 0.6 is 11.6 Å². The van der Waals surface area contributed by atoms with E-state index >= 15 is 0 Å². The molecule has 2 rings (SSSR count). The molecule has 7 heteroatoms. The molecule has 4 nitrogen and oxygen atoms in total. The summed E-state index contributed by atoms with van der Waals surface area (Å²) in [5.74, 6) is 0.821. The Morgan fingerprint density at radius 2 is 1.57 bits per heavy atom. The molecule has 0 radical (unpaired) electrons. The molecule has 2 aromatic rings. The lowest BCUT2D eigenvalue weighted by Crippen LogP contribution is -2.43. The lowest BCUT2D eigenvalue weighted by Gasteiger charge is -2.36. The Labute approximate surface area is 175 Å². The second-order valence-electron chi connectivity index (χ2n) is 8.65. The van der Waals surface area contributed by atoms with Gasteiger partial charge < -0.3 is 4.43 Å². The van der Waals surface area contributed by atoms with Gasteiger partial charge in [0.2, 0.25) is 18.3 Å². The van der Waals surface area contributed by atoms with Crippen LogP contribution in [0.4, 0.5) is 0 Å². The van der Waals surface area contributed by atoms with Gasteiger partial charge in [-0.2, -0.15) is 0 Å². The highest BCUT2D eigenvalue weighted by Crippen LogP contribution is 2.38. The van der Waals surface area contributed by atoms with Crippen molar-refractivity contribution < 1.29 is 12.8 Å². The molecular formula is C21H30ClNO3SSi. The van der Waals surface area contributed by atoms with Gasteiger partial charge in [-0.05, 0) is 53.5 Å². The molecule has 0 fully saturated rings. The van der Waals surface area contributed by atoms with Crippen molar-refractivity contribution in [1.29, 1.82) is 0 Å². The molecule has 28 heavy (non-hydrogen) atoms. The molecule has 154 valence electrons. The van der Waals surface area contributed by atoms with Gasteiger partial charge in [0.1, 0.15) is 5.75 Å². The molecule has 0 aliphatic carbocycles. The maximum atomic E-state index is 12.2. The van der Waals surface area contributed by atoms with Crippen LogP contribution in [0, 0.1) is 0 Å². The standard InChI is InChI=1S/C21H30ClNO3SSi/c1-21(2,3)28(6,7)26-18-10-8-9-17(15-18)20(22)16-11-13-19(14-12-16)27(24,25)23(4)5/h8-15,20H,1-7H3. The average molecular weight is 440 g/mol. The van der Waals surface area contributed by atoms with E-state index in [4.69, 9.17) is 16.0 Å². The minimum Gasteiger partial charge on any atom is -0.543 e. The van der Waals surface area contributed by atoms with Crippen molar-refractivity contribution >= 4 is 29.9 Å². The van der Waals surface area contributed by atoms with Crippen LogP contribution < -0.4 is 4.43 Å². The first-order chi connectivity index (χ1) is 12.8. The SMILES string of the molecule is CN(C)S(=O)(=O)c1ccc(C(Cl)c2cccc(O[Si](C)(C)C(C)(C)C)c2)cc1. The second-order valence-corrected chi connectivity index (χ2v) is 16.0. The van der Waals surface area contributed by atoms with Crippen LogP contribution in [0.5, 0.6) is 5.75 Å². The number of halogens is 1. The van der Waals surface area contributed by atoms with Crippen LogP contribution in [0.2, 0.25) is 18.1 Å². The molecule has 0 aromatic heterocycles. The molecule has 2 aromatic carbocycles. The van der Waals surface area contributed by atoms with E-state index in [2.05, 4.69) is 33.9 Å². The van der Waals surface area contributed by atoms with Crippen molar-refractivity contribution in [1.82, 2.24) is 4.31 Å². The molecule has 0 N–H and O–H groups in total. The Kier molecular flexibility index (Phi) is 6.71. The number of sulfonamides is 1. The Hall–Kier alpha value is -1.34. The van der Waals surface area contributed by atoms with Gasteiger partial charge in [0.25, 0.3) is 0 Å². The van der Waals surface area contributed by atoms with Crippen LogP contribution in [0.3, 0.4) is 0 Å². The van der Waals surface area contributed by atoms with E-state index in [1.54, 1.807) is 24.3 Å². The van der Waals surface area contributed by atoms with Crippen LogP contribution in [0.1, 0.15) is 37.3 Å². The van der Waals surface area contributed by atoms with Crippen LogP contribution in [0.25, 0.3) is 0 Å². The monoisotopic (exact) mass is 439 g/mol. The van der Waals surface area contributed by atoms with Crippen molar-refractivity contribution in [2.75, 3.05) is 14.1 Å². The maximum absolute atomic E-state index is 12.2. The quantitative estimate of drug-likeness (QED) is 0.431. The third-order valence-electron chi connectivity index (χ3n) is 5.28. The molecule has 0 aliphatic heterocycles.